The van der Waals surface area contributed by atoms with Crippen molar-refractivity contribution in [3.63, 3.8) is 0 Å². The average molecular weight is 376 g/mol. The number of rotatable bonds is 6. The maximum Gasteiger partial charge on any atom is 0.339 e. The quantitative estimate of drug-likeness (QED) is 0.334. The topological polar surface area (TPSA) is 119 Å². The van der Waals surface area contributed by atoms with Crippen LogP contribution in [0.5, 0.6) is 11.5 Å². The van der Waals surface area contributed by atoms with Crippen molar-refractivity contribution in [2.75, 3.05) is 13.7 Å². The van der Waals surface area contributed by atoms with E-state index in [0.717, 1.165) is 6.26 Å². The van der Waals surface area contributed by atoms with E-state index in [-0.39, 0.29) is 35.7 Å². The third-order valence-electron chi connectivity index (χ3n) is 4.08. The summed E-state index contributed by atoms with van der Waals surface area (Å²) in [6.07, 6.45) is 2.58. The van der Waals surface area contributed by atoms with Crippen molar-refractivity contribution in [3.8, 4) is 11.5 Å². The minimum atomic E-state index is -0.811. The molecule has 8 nitrogen and oxygen atoms in total. The Hall–Kier alpha value is -3.29. The molecule has 8 heteroatoms. The van der Waals surface area contributed by atoms with Crippen LogP contribution in [-0.4, -0.2) is 41.8 Å². The van der Waals surface area contributed by atoms with Crippen LogP contribution in [0.15, 0.2) is 41.7 Å². The van der Waals surface area contributed by atoms with Gasteiger partial charge < -0.3 is 24.4 Å². The molecule has 1 atom stereocenters. The fourth-order valence-corrected chi connectivity index (χ4v) is 2.66. The molecule has 0 aliphatic carbocycles. The van der Waals surface area contributed by atoms with Crippen LogP contribution in [-0.2, 0) is 35.0 Å². The molecule has 1 aromatic carbocycles. The lowest BCUT2D eigenvalue weighted by molar-refractivity contribution is -0.145. The van der Waals surface area contributed by atoms with Crippen LogP contribution >= 0.6 is 0 Å². The van der Waals surface area contributed by atoms with E-state index in [1.807, 2.05) is 0 Å². The van der Waals surface area contributed by atoms with Gasteiger partial charge in [-0.05, 0) is 24.6 Å². The van der Waals surface area contributed by atoms with Crippen LogP contribution in [0.2, 0.25) is 0 Å². The predicted molar refractivity (Wildman–Crippen MR) is 92.5 cm³/mol. The molecule has 1 aliphatic heterocycles. The van der Waals surface area contributed by atoms with Gasteiger partial charge in [-0.2, -0.15) is 0 Å². The second-order valence-electron chi connectivity index (χ2n) is 5.76. The highest BCUT2D eigenvalue weighted by molar-refractivity contribution is 5.99. The molecular weight excluding hydrogens is 356 g/mol. The molecule has 144 valence electrons. The van der Waals surface area contributed by atoms with E-state index in [0.29, 0.717) is 12.0 Å². The van der Waals surface area contributed by atoms with Crippen molar-refractivity contribution in [2.24, 2.45) is 5.92 Å². The Morgan fingerprint density at radius 1 is 1.26 bits per heavy atom. The van der Waals surface area contributed by atoms with Gasteiger partial charge in [0.25, 0.3) is 0 Å². The molecule has 0 aromatic heterocycles. The lowest BCUT2D eigenvalue weighted by atomic mass is 9.87. The van der Waals surface area contributed by atoms with Crippen molar-refractivity contribution in [1.29, 1.82) is 0 Å². The number of phenolic OH excluding ortho intramolecular Hbond substituents is 2. The molecule has 27 heavy (non-hydrogen) atoms. The van der Waals surface area contributed by atoms with Gasteiger partial charge in [-0.25, -0.2) is 9.59 Å². The summed E-state index contributed by atoms with van der Waals surface area (Å²) in [4.78, 5) is 35.9. The number of hydrogen-bond acceptors (Lipinski definition) is 8. The molecule has 1 aromatic rings. The summed E-state index contributed by atoms with van der Waals surface area (Å²) < 4.78 is 14.7. The minimum Gasteiger partial charge on any atom is -0.504 e. The summed E-state index contributed by atoms with van der Waals surface area (Å²) in [5, 5.41) is 18.7. The first-order valence-corrected chi connectivity index (χ1v) is 8.19. The van der Waals surface area contributed by atoms with E-state index in [4.69, 9.17) is 9.47 Å². The van der Waals surface area contributed by atoms with Crippen LogP contribution in [0.1, 0.15) is 18.9 Å². The highest BCUT2D eigenvalue weighted by atomic mass is 16.5. The lowest BCUT2D eigenvalue weighted by Crippen LogP contribution is -2.28. The van der Waals surface area contributed by atoms with Crippen molar-refractivity contribution in [1.82, 2.24) is 0 Å². The third kappa shape index (κ3) is 4.87. The molecule has 0 bridgehead atoms. The van der Waals surface area contributed by atoms with Gasteiger partial charge in [0.15, 0.2) is 11.5 Å². The number of phenols is 2. The summed E-state index contributed by atoms with van der Waals surface area (Å²) in [6, 6.07) is 4.30. The average Bonchev–Trinajstić information content (AvgIpc) is 2.64. The summed E-state index contributed by atoms with van der Waals surface area (Å²) in [7, 11) is 1.19. The molecule has 1 aliphatic rings. The second kappa shape index (κ2) is 8.88. The van der Waals surface area contributed by atoms with Gasteiger partial charge in [-0.15, -0.1) is 0 Å². The number of hydrogen-bond donors (Lipinski definition) is 2. The SMILES string of the molecule is C/C=C1/C(=O)OC=C(C(=O)OC)[C@H]1CC(=O)OCCc1ccc(O)c(O)c1. The zero-order chi connectivity index (χ0) is 20.0. The van der Waals surface area contributed by atoms with Gasteiger partial charge in [0, 0.05) is 17.9 Å². The third-order valence-corrected chi connectivity index (χ3v) is 4.08. The number of allylic oxidation sites excluding steroid dienone is 1. The van der Waals surface area contributed by atoms with E-state index < -0.39 is 23.8 Å². The second-order valence-corrected chi connectivity index (χ2v) is 5.76. The zero-order valence-corrected chi connectivity index (χ0v) is 14.9. The summed E-state index contributed by atoms with van der Waals surface area (Å²) in [5.74, 6) is -3.24. The number of benzene rings is 1. The van der Waals surface area contributed by atoms with Gasteiger partial charge in [0.1, 0.15) is 6.26 Å². The Balaban J connectivity index is 2.00. The van der Waals surface area contributed by atoms with Crippen LogP contribution in [0.3, 0.4) is 0 Å². The van der Waals surface area contributed by atoms with E-state index in [2.05, 4.69) is 4.74 Å². The van der Waals surface area contributed by atoms with Crippen molar-refractivity contribution in [3.05, 3.63) is 47.2 Å². The van der Waals surface area contributed by atoms with Crippen LogP contribution < -0.4 is 0 Å². The first kappa shape index (κ1) is 20.0. The predicted octanol–water partition coefficient (Wildman–Crippen LogP) is 1.75. The molecule has 2 rings (SSSR count). The Morgan fingerprint density at radius 3 is 2.63 bits per heavy atom. The summed E-state index contributed by atoms with van der Waals surface area (Å²) in [6.45, 7) is 1.63. The molecule has 0 unspecified atom stereocenters. The summed E-state index contributed by atoms with van der Waals surface area (Å²) in [5.41, 5.74) is 0.910. The van der Waals surface area contributed by atoms with Crippen molar-refractivity contribution in [2.45, 2.75) is 19.8 Å². The normalized spacial score (nSPS) is 17.9. The standard InChI is InChI=1S/C19H20O8/c1-3-12-13(14(18(23)25-2)10-27-19(12)24)9-17(22)26-7-6-11-4-5-15(20)16(21)8-11/h3-5,8,10,13,20-21H,6-7,9H2,1-2H3/b12-3+/t13-/m0/s1. The van der Waals surface area contributed by atoms with Crippen LogP contribution in [0.25, 0.3) is 0 Å². The molecule has 0 fully saturated rings. The van der Waals surface area contributed by atoms with E-state index in [1.165, 1.54) is 25.3 Å². The Labute approximate surface area is 155 Å². The van der Waals surface area contributed by atoms with Crippen molar-refractivity contribution < 1.29 is 38.8 Å². The number of esters is 3. The Bertz CT molecular complexity index is 806. The van der Waals surface area contributed by atoms with Crippen LogP contribution in [0.4, 0.5) is 0 Å². The van der Waals surface area contributed by atoms with Gasteiger partial charge in [0.2, 0.25) is 0 Å². The van der Waals surface area contributed by atoms with E-state index in [1.54, 1.807) is 13.0 Å². The highest BCUT2D eigenvalue weighted by Gasteiger charge is 2.35. The smallest absolute Gasteiger partial charge is 0.339 e. The number of cyclic esters (lactones) is 1. The van der Waals surface area contributed by atoms with Gasteiger partial charge in [0.05, 0.1) is 25.7 Å². The Morgan fingerprint density at radius 2 is 2.00 bits per heavy atom. The maximum atomic E-state index is 12.2. The first-order chi connectivity index (χ1) is 12.9. The zero-order valence-electron chi connectivity index (χ0n) is 14.9. The van der Waals surface area contributed by atoms with Crippen molar-refractivity contribution >= 4 is 17.9 Å². The molecule has 0 spiro atoms. The number of ether oxygens (including phenoxy) is 3. The molecule has 0 saturated heterocycles. The monoisotopic (exact) mass is 376 g/mol. The number of methoxy groups -OCH3 is 1. The molecule has 0 amide bonds. The summed E-state index contributed by atoms with van der Waals surface area (Å²) >= 11 is 0. The molecule has 0 saturated carbocycles. The van der Waals surface area contributed by atoms with E-state index >= 15 is 0 Å². The molecule has 1 heterocycles. The fraction of sp³-hybridized carbons (Fsp3) is 0.316. The fourth-order valence-electron chi connectivity index (χ4n) is 2.66. The minimum absolute atomic E-state index is 0.0304. The maximum absolute atomic E-state index is 12.2. The number of carbonyl (C=O) groups excluding carboxylic acids is 3. The lowest BCUT2D eigenvalue weighted by Gasteiger charge is -2.23. The number of carbonyl (C=O) groups is 3. The van der Waals surface area contributed by atoms with E-state index in [9.17, 15) is 24.6 Å². The van der Waals surface area contributed by atoms with Gasteiger partial charge >= 0.3 is 17.9 Å². The van der Waals surface area contributed by atoms with Gasteiger partial charge in [-0.1, -0.05) is 12.1 Å². The largest absolute Gasteiger partial charge is 0.504 e. The Kier molecular flexibility index (Phi) is 6.59. The molecule has 0 radical (unpaired) electrons. The van der Waals surface area contributed by atoms with Crippen LogP contribution in [0, 0.1) is 5.92 Å². The highest BCUT2D eigenvalue weighted by Crippen LogP contribution is 2.31. The van der Waals surface area contributed by atoms with Gasteiger partial charge in [-0.3, -0.25) is 4.79 Å². The number of aromatic hydroxyl groups is 2. The molecular formula is C19H20O8. The molecule has 2 N–H and O–H groups in total. The first-order valence-electron chi connectivity index (χ1n) is 8.19.